The number of rotatable bonds is 10. The Balaban J connectivity index is 0.00000364. The number of nitrogens with zero attached hydrogens (tertiary/aromatic N) is 2. The number of methoxy groups -OCH3 is 1. The van der Waals surface area contributed by atoms with Gasteiger partial charge in [0.1, 0.15) is 6.61 Å². The monoisotopic (exact) mass is 490 g/mol. The van der Waals surface area contributed by atoms with Crippen LogP contribution in [0.25, 0.3) is 0 Å². The molecule has 27 heavy (non-hydrogen) atoms. The first-order chi connectivity index (χ1) is 12.6. The zero-order valence-corrected chi connectivity index (χ0v) is 19.4. The highest BCUT2D eigenvalue weighted by molar-refractivity contribution is 14.0. The van der Waals surface area contributed by atoms with Crippen LogP contribution in [-0.2, 0) is 11.3 Å². The Morgan fingerprint density at radius 3 is 2.67 bits per heavy atom. The van der Waals surface area contributed by atoms with E-state index >= 15 is 0 Å². The van der Waals surface area contributed by atoms with Crippen molar-refractivity contribution < 1.29 is 9.47 Å². The molecular formula is C20H35IN4O2. The zero-order chi connectivity index (χ0) is 18.8. The summed E-state index contributed by atoms with van der Waals surface area (Å²) in [5.74, 6) is 2.20. The average molecular weight is 490 g/mol. The topological polar surface area (TPSA) is 67.8 Å². The fraction of sp³-hybridized carbons (Fsp3) is 0.700. The lowest BCUT2D eigenvalue weighted by Crippen LogP contribution is -2.46. The Kier molecular flexibility index (Phi) is 11.0. The van der Waals surface area contributed by atoms with E-state index in [2.05, 4.69) is 34.5 Å². The minimum Gasteiger partial charge on any atom is -0.475 e. The second-order valence-corrected chi connectivity index (χ2v) is 7.54. The third-order valence-electron chi connectivity index (χ3n) is 4.93. The molecule has 0 radical (unpaired) electrons. The summed E-state index contributed by atoms with van der Waals surface area (Å²) in [5.41, 5.74) is 1.45. The van der Waals surface area contributed by atoms with Gasteiger partial charge >= 0.3 is 0 Å². The van der Waals surface area contributed by atoms with Gasteiger partial charge < -0.3 is 20.1 Å². The van der Waals surface area contributed by atoms with Crippen LogP contribution >= 0.6 is 24.0 Å². The Morgan fingerprint density at radius 2 is 2.07 bits per heavy atom. The molecule has 0 amide bonds. The smallest absolute Gasteiger partial charge is 0.218 e. The van der Waals surface area contributed by atoms with E-state index in [1.165, 1.54) is 25.7 Å². The quantitative estimate of drug-likeness (QED) is 0.227. The van der Waals surface area contributed by atoms with Crippen LogP contribution in [0.1, 0.15) is 45.1 Å². The van der Waals surface area contributed by atoms with Crippen LogP contribution in [0.5, 0.6) is 5.88 Å². The van der Waals surface area contributed by atoms with Gasteiger partial charge in [-0.1, -0.05) is 26.3 Å². The summed E-state index contributed by atoms with van der Waals surface area (Å²) in [6.45, 7) is 7.25. The van der Waals surface area contributed by atoms with Crippen LogP contribution in [0.15, 0.2) is 23.3 Å². The van der Waals surface area contributed by atoms with Gasteiger partial charge in [-0.05, 0) is 36.7 Å². The van der Waals surface area contributed by atoms with Gasteiger partial charge in [-0.15, -0.1) is 24.0 Å². The molecule has 0 saturated heterocycles. The van der Waals surface area contributed by atoms with E-state index in [1.807, 2.05) is 19.2 Å². The van der Waals surface area contributed by atoms with Crippen LogP contribution < -0.4 is 15.4 Å². The Bertz CT molecular complexity index is 577. The molecule has 1 aromatic heterocycles. The lowest BCUT2D eigenvalue weighted by Gasteiger charge is -2.43. The van der Waals surface area contributed by atoms with Gasteiger partial charge in [-0.2, -0.15) is 0 Å². The van der Waals surface area contributed by atoms with Gasteiger partial charge in [0.15, 0.2) is 5.96 Å². The third kappa shape index (κ3) is 7.81. The third-order valence-corrected chi connectivity index (χ3v) is 4.93. The van der Waals surface area contributed by atoms with Crippen LogP contribution in [0, 0.1) is 11.3 Å². The normalized spacial score (nSPS) is 15.7. The lowest BCUT2D eigenvalue weighted by atomic mass is 9.64. The molecule has 2 N–H and O–H groups in total. The fourth-order valence-corrected chi connectivity index (χ4v) is 3.58. The molecule has 0 aromatic carbocycles. The van der Waals surface area contributed by atoms with Crippen molar-refractivity contribution in [2.75, 3.05) is 33.9 Å². The number of aromatic nitrogens is 1. The van der Waals surface area contributed by atoms with Crippen molar-refractivity contribution in [1.82, 2.24) is 15.6 Å². The van der Waals surface area contributed by atoms with Gasteiger partial charge in [-0.25, -0.2) is 4.98 Å². The van der Waals surface area contributed by atoms with Crippen LogP contribution in [0.4, 0.5) is 0 Å². The summed E-state index contributed by atoms with van der Waals surface area (Å²) in [6, 6.07) is 3.93. The molecule has 0 atom stereocenters. The summed E-state index contributed by atoms with van der Waals surface area (Å²) in [7, 11) is 3.47. The predicted molar refractivity (Wildman–Crippen MR) is 121 cm³/mol. The standard InChI is InChI=1S/C20H34N4O2.HI/c1-16(2)13-20(8-6-9-20)15-24-19(21-3)23-14-17-7-5-10-22-18(17)26-12-11-25-4;/h5,7,10,16H,6,8-9,11-15H2,1-4H3,(H2,21,23,24);1H. The fourth-order valence-electron chi connectivity index (χ4n) is 3.58. The van der Waals surface area contributed by atoms with Crippen molar-refractivity contribution in [1.29, 1.82) is 0 Å². The van der Waals surface area contributed by atoms with E-state index in [1.54, 1.807) is 13.3 Å². The summed E-state index contributed by atoms with van der Waals surface area (Å²) < 4.78 is 10.7. The second kappa shape index (κ2) is 12.4. The van der Waals surface area contributed by atoms with Gasteiger partial charge in [0.05, 0.1) is 6.61 Å². The molecule has 0 unspecified atom stereocenters. The molecule has 1 fully saturated rings. The average Bonchev–Trinajstić information content (AvgIpc) is 2.60. The maximum atomic E-state index is 5.69. The van der Waals surface area contributed by atoms with E-state index in [9.17, 15) is 0 Å². The van der Waals surface area contributed by atoms with E-state index in [0.717, 1.165) is 24.0 Å². The molecule has 154 valence electrons. The summed E-state index contributed by atoms with van der Waals surface area (Å²) in [5, 5.41) is 6.90. The SMILES string of the molecule is CN=C(NCc1cccnc1OCCOC)NCC1(CC(C)C)CCC1.I. The molecule has 1 aliphatic carbocycles. The van der Waals surface area contributed by atoms with Crippen LogP contribution in [0.3, 0.4) is 0 Å². The number of guanidine groups is 1. The molecule has 1 heterocycles. The molecule has 1 saturated carbocycles. The van der Waals surface area contributed by atoms with Crippen molar-refractivity contribution in [2.45, 2.75) is 46.1 Å². The molecule has 0 bridgehead atoms. The first-order valence-corrected chi connectivity index (χ1v) is 9.59. The molecule has 1 aliphatic rings. The minimum atomic E-state index is 0. The zero-order valence-electron chi connectivity index (χ0n) is 17.1. The van der Waals surface area contributed by atoms with E-state index < -0.39 is 0 Å². The largest absolute Gasteiger partial charge is 0.475 e. The Hall–Kier alpha value is -1.09. The highest BCUT2D eigenvalue weighted by Crippen LogP contribution is 2.45. The van der Waals surface area contributed by atoms with Crippen molar-refractivity contribution in [3.8, 4) is 5.88 Å². The minimum absolute atomic E-state index is 0. The highest BCUT2D eigenvalue weighted by atomic mass is 127. The highest BCUT2D eigenvalue weighted by Gasteiger charge is 2.37. The molecule has 7 heteroatoms. The first kappa shape index (κ1) is 23.9. The number of aliphatic imine (C=N–C) groups is 1. The first-order valence-electron chi connectivity index (χ1n) is 9.59. The van der Waals surface area contributed by atoms with Crippen molar-refractivity contribution >= 4 is 29.9 Å². The van der Waals surface area contributed by atoms with Crippen LogP contribution in [-0.4, -0.2) is 44.9 Å². The van der Waals surface area contributed by atoms with Crippen molar-refractivity contribution in [2.24, 2.45) is 16.3 Å². The van der Waals surface area contributed by atoms with E-state index in [4.69, 9.17) is 9.47 Å². The van der Waals surface area contributed by atoms with Gasteiger partial charge in [0.2, 0.25) is 5.88 Å². The second-order valence-electron chi connectivity index (χ2n) is 7.54. The summed E-state index contributed by atoms with van der Waals surface area (Å²) in [4.78, 5) is 8.68. The lowest BCUT2D eigenvalue weighted by molar-refractivity contribution is 0.104. The molecule has 0 aliphatic heterocycles. The van der Waals surface area contributed by atoms with Crippen LogP contribution in [0.2, 0.25) is 0 Å². The molecule has 2 rings (SSSR count). The number of hydrogen-bond donors (Lipinski definition) is 2. The number of halogens is 1. The summed E-state index contributed by atoms with van der Waals surface area (Å²) in [6.07, 6.45) is 6.99. The van der Waals surface area contributed by atoms with Crippen molar-refractivity contribution in [3.63, 3.8) is 0 Å². The predicted octanol–water partition coefficient (Wildman–Crippen LogP) is 3.61. The number of pyridine rings is 1. The molecular weight excluding hydrogens is 455 g/mol. The van der Waals surface area contributed by atoms with Gasteiger partial charge in [0, 0.05) is 39.0 Å². The number of hydrogen-bond acceptors (Lipinski definition) is 4. The maximum absolute atomic E-state index is 5.69. The van der Waals surface area contributed by atoms with Gasteiger partial charge in [0.25, 0.3) is 0 Å². The molecule has 0 spiro atoms. The van der Waals surface area contributed by atoms with Crippen molar-refractivity contribution in [3.05, 3.63) is 23.9 Å². The molecule has 1 aromatic rings. The Morgan fingerprint density at radius 1 is 1.30 bits per heavy atom. The maximum Gasteiger partial charge on any atom is 0.218 e. The van der Waals surface area contributed by atoms with E-state index in [-0.39, 0.29) is 24.0 Å². The van der Waals surface area contributed by atoms with E-state index in [0.29, 0.717) is 31.1 Å². The Labute approximate surface area is 180 Å². The number of nitrogens with one attached hydrogen (secondary N) is 2. The molecule has 6 nitrogen and oxygen atoms in total. The summed E-state index contributed by atoms with van der Waals surface area (Å²) >= 11 is 0. The van der Waals surface area contributed by atoms with Gasteiger partial charge in [-0.3, -0.25) is 4.99 Å². The number of ether oxygens (including phenoxy) is 2.